The molecule has 8 aromatic carbocycles. The monoisotopic (exact) mass is 659 g/mol. The highest BCUT2D eigenvalue weighted by atomic mass is 14.4. The van der Waals surface area contributed by atoms with Crippen LogP contribution in [0.4, 0.5) is 0 Å². The molecule has 0 amide bonds. The lowest BCUT2D eigenvalue weighted by molar-refractivity contribution is 0.649. The zero-order valence-corrected chi connectivity index (χ0v) is 25.7. The first-order chi connectivity index (χ1) is 35.2. The second kappa shape index (κ2) is 11.7. The van der Waals surface area contributed by atoms with Gasteiger partial charge in [-0.15, -0.1) is 0 Å². The molecule has 2 atom stereocenters. The largest absolute Gasteiger partial charge is 0.0760 e. The number of benzene rings is 8. The van der Waals surface area contributed by atoms with Crippen molar-refractivity contribution in [1.82, 2.24) is 0 Å². The van der Waals surface area contributed by atoms with Gasteiger partial charge in [-0.1, -0.05) is 181 Å². The fourth-order valence-electron chi connectivity index (χ4n) is 6.67. The summed E-state index contributed by atoms with van der Waals surface area (Å²) < 4.78 is 230. The van der Waals surface area contributed by atoms with Gasteiger partial charge in [0.15, 0.2) is 0 Å². The number of fused-ring (bicyclic) bond motifs is 5. The molecule has 0 nitrogen and oxygen atoms in total. The van der Waals surface area contributed by atoms with Crippen LogP contribution in [-0.2, 0) is 0 Å². The molecule has 234 valence electrons. The maximum atomic E-state index is 10.3. The molecule has 0 N–H and O–H groups in total. The van der Waals surface area contributed by atoms with E-state index in [0.29, 0.717) is 10.8 Å². The summed E-state index contributed by atoms with van der Waals surface area (Å²) in [6.45, 7) is 0. The predicted octanol–water partition coefficient (Wildman–Crippen LogP) is 13.2. The first kappa shape index (κ1) is 13.2. The summed E-state index contributed by atoms with van der Waals surface area (Å²) in [6.07, 6.45) is 0. The minimum absolute atomic E-state index is 0.219. The van der Waals surface area contributed by atoms with Crippen LogP contribution in [0.3, 0.4) is 0 Å². The molecule has 0 radical (unpaired) electrons. The van der Waals surface area contributed by atoms with Crippen molar-refractivity contribution < 1.29 is 34.3 Å². The minimum atomic E-state index is -1.98. The van der Waals surface area contributed by atoms with Crippen LogP contribution in [0.25, 0.3) is 60.1 Å². The van der Waals surface area contributed by atoms with E-state index in [0.717, 1.165) is 0 Å². The Hall–Kier alpha value is -6.24. The molecule has 0 aromatic heterocycles. The molecule has 0 saturated carbocycles. The van der Waals surface area contributed by atoms with Gasteiger partial charge in [-0.05, 0) is 100 Å². The summed E-state index contributed by atoms with van der Waals surface area (Å²) in [6, 6.07) is -9.79. The Balaban J connectivity index is 1.49. The van der Waals surface area contributed by atoms with Crippen molar-refractivity contribution >= 4 is 37.9 Å². The molecule has 2 aliphatic rings. The van der Waals surface area contributed by atoms with Crippen LogP contribution in [0.5, 0.6) is 0 Å². The molecule has 8 aromatic rings. The van der Waals surface area contributed by atoms with Gasteiger partial charge >= 0.3 is 0 Å². The molecule has 10 rings (SSSR count). The average Bonchev–Trinajstić information content (AvgIpc) is 3.42. The number of hydrogen-bond acceptors (Lipinski definition) is 0. The first-order valence-electron chi connectivity index (χ1n) is 28.1. The van der Waals surface area contributed by atoms with Crippen molar-refractivity contribution in [2.75, 3.05) is 0 Å². The summed E-state index contributed by atoms with van der Waals surface area (Å²) in [5.41, 5.74) is -5.41. The highest BCUT2D eigenvalue weighted by Crippen LogP contribution is 2.51. The van der Waals surface area contributed by atoms with Gasteiger partial charge in [0, 0.05) is 11.8 Å². The van der Waals surface area contributed by atoms with Gasteiger partial charge in [0.25, 0.3) is 0 Å². The van der Waals surface area contributed by atoms with Gasteiger partial charge < -0.3 is 0 Å². The zero-order chi connectivity index (χ0) is 54.8. The summed E-state index contributed by atoms with van der Waals surface area (Å²) in [7, 11) is 0. The molecule has 2 unspecified atom stereocenters. The fraction of sp³-hybridized carbons (Fsp3) is 0.0400. The van der Waals surface area contributed by atoms with Crippen molar-refractivity contribution in [3.05, 3.63) is 221 Å². The standard InChI is InChI=1S/C50H34/c1-2-15-36-30-40(27-26-33(36)12-1)50-46-23-8-7-22-45(46)49(39-19-9-18-37(31-39)43-24-10-16-34-13-3-5-20-41(34)43)47-29-28-38(32-48(47)50)44-25-11-17-35-14-4-6-21-42(35)44/h1-32,45,49H/i1D,2D,4D,6D,7D,8D,9D,11D,12D,14D,15D,17D,18D,19D,21D,22D,23D,25D,26D,27D,28D,29D,30D,31D,32D. The Morgan fingerprint density at radius 1 is 0.460 bits per heavy atom. The van der Waals surface area contributed by atoms with E-state index in [1.807, 2.05) is 0 Å². The maximum Gasteiger partial charge on any atom is 0.0636 e. The molecule has 0 spiro atoms. The smallest absolute Gasteiger partial charge is 0.0636 e. The molecule has 0 heterocycles. The number of allylic oxidation sites excluding steroid dienone is 5. The normalized spacial score (nSPS) is 24.4. The molecule has 50 heavy (non-hydrogen) atoms. The summed E-state index contributed by atoms with van der Waals surface area (Å²) in [4.78, 5) is 0. The van der Waals surface area contributed by atoms with Crippen LogP contribution in [0, 0.1) is 5.92 Å². The van der Waals surface area contributed by atoms with Crippen molar-refractivity contribution in [2.24, 2.45) is 5.92 Å². The SMILES string of the molecule is [2H]C1=C([2H])C2=C(c3c([2H])c([2H])c4c([2H])c([2H])c([2H])c([2H])c4c3[2H])c3c([2H])c(-c4c([2H])c([2H])c([2H])c5c([2H])c([2H])c([2H])c([2H])c45)c([2H])c([2H])c3C(c3c([2H])c([2H])c([2H])c(-c4cccc5ccccc45)c3[2H])C2C([2H])=C1[2H]. The molecule has 2 aliphatic carbocycles. The van der Waals surface area contributed by atoms with Crippen LogP contribution in [-0.4, -0.2) is 0 Å². The third-order valence-corrected chi connectivity index (χ3v) is 8.88. The van der Waals surface area contributed by atoms with E-state index in [4.69, 9.17) is 16.4 Å². The number of rotatable bonds is 4. The van der Waals surface area contributed by atoms with Gasteiger partial charge in [-0.25, -0.2) is 0 Å². The van der Waals surface area contributed by atoms with Crippen molar-refractivity contribution in [3.8, 4) is 22.3 Å². The quantitative estimate of drug-likeness (QED) is 0.176. The average molecular weight is 660 g/mol. The summed E-state index contributed by atoms with van der Waals surface area (Å²) >= 11 is 0. The van der Waals surface area contributed by atoms with E-state index >= 15 is 0 Å². The van der Waals surface area contributed by atoms with Gasteiger partial charge in [-0.2, -0.15) is 0 Å². The first-order valence-corrected chi connectivity index (χ1v) is 15.6. The topological polar surface area (TPSA) is 0 Å². The van der Waals surface area contributed by atoms with Crippen LogP contribution in [0.2, 0.25) is 0 Å². The Bertz CT molecular complexity index is 4120. The second-order valence-electron chi connectivity index (χ2n) is 11.6. The Labute approximate surface area is 328 Å². The van der Waals surface area contributed by atoms with Crippen molar-refractivity contribution in [2.45, 2.75) is 5.92 Å². The highest BCUT2D eigenvalue weighted by molar-refractivity contribution is 6.00. The molecule has 0 heteroatoms. The Morgan fingerprint density at radius 2 is 1.24 bits per heavy atom. The summed E-state index contributed by atoms with van der Waals surface area (Å²) in [5, 5.41) is -1.29. The molecule has 0 fully saturated rings. The van der Waals surface area contributed by atoms with Gasteiger partial charge in [-0.3, -0.25) is 0 Å². The van der Waals surface area contributed by atoms with Crippen LogP contribution in [0.1, 0.15) is 62.4 Å². The Kier molecular flexibility index (Phi) is 3.10. The fourth-order valence-corrected chi connectivity index (χ4v) is 6.67. The van der Waals surface area contributed by atoms with Gasteiger partial charge in [0.05, 0.1) is 34.3 Å². The minimum Gasteiger partial charge on any atom is -0.0760 e. The van der Waals surface area contributed by atoms with Gasteiger partial charge in [0.2, 0.25) is 0 Å². The van der Waals surface area contributed by atoms with E-state index in [-0.39, 0.29) is 11.1 Å². The molecule has 0 saturated heterocycles. The summed E-state index contributed by atoms with van der Waals surface area (Å²) in [5.74, 6) is -3.92. The van der Waals surface area contributed by atoms with Crippen LogP contribution < -0.4 is 0 Å². The molecule has 0 bridgehead atoms. The lowest BCUT2D eigenvalue weighted by atomic mass is 9.66. The third-order valence-electron chi connectivity index (χ3n) is 8.88. The Morgan fingerprint density at radius 3 is 2.20 bits per heavy atom. The predicted molar refractivity (Wildman–Crippen MR) is 212 cm³/mol. The zero-order valence-electron chi connectivity index (χ0n) is 50.7. The van der Waals surface area contributed by atoms with E-state index in [1.54, 1.807) is 42.5 Å². The molecular formula is C50H34. The van der Waals surface area contributed by atoms with Crippen molar-refractivity contribution in [3.63, 3.8) is 0 Å². The van der Waals surface area contributed by atoms with E-state index in [2.05, 4.69) is 0 Å². The van der Waals surface area contributed by atoms with E-state index in [9.17, 15) is 17.8 Å². The lowest BCUT2D eigenvalue weighted by Gasteiger charge is -2.37. The third kappa shape index (κ3) is 4.68. The van der Waals surface area contributed by atoms with E-state index < -0.39 is 229 Å². The highest BCUT2D eigenvalue weighted by Gasteiger charge is 2.36. The molecule has 0 aliphatic heterocycles. The van der Waals surface area contributed by atoms with Crippen LogP contribution >= 0.6 is 0 Å². The lowest BCUT2D eigenvalue weighted by Crippen LogP contribution is -2.23. The van der Waals surface area contributed by atoms with E-state index in [1.165, 1.54) is 0 Å². The van der Waals surface area contributed by atoms with Gasteiger partial charge in [0.1, 0.15) is 0 Å². The second-order valence-corrected chi connectivity index (χ2v) is 11.6. The maximum absolute atomic E-state index is 10.3. The van der Waals surface area contributed by atoms with Crippen LogP contribution in [0.15, 0.2) is 199 Å². The number of hydrogen-bond donors (Lipinski definition) is 0. The van der Waals surface area contributed by atoms with Crippen molar-refractivity contribution in [1.29, 1.82) is 0 Å². The molecular weight excluding hydrogens is 601 g/mol.